The Morgan fingerprint density at radius 3 is 0.756 bits per heavy atom. The van der Waals surface area contributed by atoms with Gasteiger partial charge in [-0.3, -0.25) is 37.3 Å². The van der Waals surface area contributed by atoms with Crippen molar-refractivity contribution in [1.82, 2.24) is 0 Å². The van der Waals surface area contributed by atoms with Crippen molar-refractivity contribution < 1.29 is 80.2 Å². The van der Waals surface area contributed by atoms with Crippen LogP contribution in [0.25, 0.3) is 0 Å². The Labute approximate surface area is 549 Å². The van der Waals surface area contributed by atoms with Crippen LogP contribution < -0.4 is 0 Å². The minimum absolute atomic E-state index is 0.102. The molecule has 5 atom stereocenters. The first-order valence-corrected chi connectivity index (χ1v) is 40.0. The van der Waals surface area contributed by atoms with Crippen LogP contribution >= 0.6 is 15.6 Å². The Kier molecular flexibility index (Phi) is 61.8. The first kappa shape index (κ1) is 88.1. The summed E-state index contributed by atoms with van der Waals surface area (Å²) >= 11 is 0. The lowest BCUT2D eigenvalue weighted by Gasteiger charge is -2.21. The lowest BCUT2D eigenvalue weighted by Crippen LogP contribution is -2.30. The Morgan fingerprint density at radius 2 is 0.511 bits per heavy atom. The van der Waals surface area contributed by atoms with Crippen molar-refractivity contribution in [2.45, 2.75) is 381 Å². The van der Waals surface area contributed by atoms with Gasteiger partial charge in [0.15, 0.2) is 12.2 Å². The van der Waals surface area contributed by atoms with E-state index in [1.165, 1.54) is 173 Å². The van der Waals surface area contributed by atoms with Gasteiger partial charge in [-0.25, -0.2) is 9.13 Å². The Balaban J connectivity index is 5.11. The highest BCUT2D eigenvalue weighted by molar-refractivity contribution is 7.47. The molecule has 0 saturated heterocycles. The highest BCUT2D eigenvalue weighted by Crippen LogP contribution is 2.45. The number of unbranched alkanes of at least 4 members (excludes halogenated alkanes) is 40. The van der Waals surface area contributed by atoms with Crippen LogP contribution in [0.5, 0.6) is 0 Å². The molecule has 0 radical (unpaired) electrons. The fraction of sp³-hybridized carbons (Fsp3) is 0.944. The Bertz CT molecular complexity index is 1750. The molecule has 90 heavy (non-hydrogen) atoms. The first-order chi connectivity index (χ1) is 43.4. The molecule has 0 aliphatic rings. The van der Waals surface area contributed by atoms with Gasteiger partial charge in [-0.05, 0) is 37.5 Å². The Hall–Kier alpha value is -1.94. The van der Waals surface area contributed by atoms with Crippen LogP contribution in [0.1, 0.15) is 363 Å². The summed E-state index contributed by atoms with van der Waals surface area (Å²) in [5.74, 6) is -0.738. The van der Waals surface area contributed by atoms with Gasteiger partial charge in [0.1, 0.15) is 19.3 Å². The van der Waals surface area contributed by atoms with Crippen molar-refractivity contribution in [3.05, 3.63) is 0 Å². The molecule has 0 heterocycles. The average molecular weight is 1330 g/mol. The minimum Gasteiger partial charge on any atom is -0.462 e. The number of aliphatic hydroxyl groups excluding tert-OH is 1. The summed E-state index contributed by atoms with van der Waals surface area (Å²) in [6, 6.07) is 0. The van der Waals surface area contributed by atoms with Crippen LogP contribution in [0, 0.1) is 11.8 Å². The number of carbonyl (C=O) groups is 4. The average Bonchev–Trinajstić information content (AvgIpc) is 3.01. The number of aliphatic hydroxyl groups is 1. The lowest BCUT2D eigenvalue weighted by atomic mass is 10.0. The molecule has 0 aromatic heterocycles. The first-order valence-electron chi connectivity index (χ1n) is 37.0. The quantitative estimate of drug-likeness (QED) is 0.0222. The number of hydrogen-bond donors (Lipinski definition) is 3. The van der Waals surface area contributed by atoms with Gasteiger partial charge < -0.3 is 33.8 Å². The lowest BCUT2D eigenvalue weighted by molar-refractivity contribution is -0.161. The molecule has 534 valence electrons. The van der Waals surface area contributed by atoms with E-state index in [0.29, 0.717) is 31.6 Å². The van der Waals surface area contributed by atoms with Crippen molar-refractivity contribution in [1.29, 1.82) is 0 Å². The fourth-order valence-corrected chi connectivity index (χ4v) is 12.3. The zero-order valence-corrected chi connectivity index (χ0v) is 60.2. The van der Waals surface area contributed by atoms with Crippen molar-refractivity contribution in [3.8, 4) is 0 Å². The summed E-state index contributed by atoms with van der Waals surface area (Å²) < 4.78 is 68.1. The summed E-state index contributed by atoms with van der Waals surface area (Å²) in [5.41, 5.74) is 0. The van der Waals surface area contributed by atoms with Crippen LogP contribution in [0.3, 0.4) is 0 Å². The zero-order chi connectivity index (χ0) is 66.5. The van der Waals surface area contributed by atoms with E-state index in [-0.39, 0.29) is 25.7 Å². The van der Waals surface area contributed by atoms with Gasteiger partial charge in [-0.2, -0.15) is 0 Å². The maximum Gasteiger partial charge on any atom is 0.472 e. The molecule has 0 saturated carbocycles. The predicted molar refractivity (Wildman–Crippen MR) is 363 cm³/mol. The van der Waals surface area contributed by atoms with Gasteiger partial charge in [0.25, 0.3) is 0 Å². The van der Waals surface area contributed by atoms with Crippen molar-refractivity contribution >= 4 is 39.5 Å². The fourth-order valence-electron chi connectivity index (χ4n) is 10.8. The maximum atomic E-state index is 13.0. The largest absolute Gasteiger partial charge is 0.472 e. The molecule has 3 N–H and O–H groups in total. The molecule has 0 amide bonds. The highest BCUT2D eigenvalue weighted by Gasteiger charge is 2.30. The van der Waals surface area contributed by atoms with E-state index >= 15 is 0 Å². The number of phosphoric ester groups is 2. The molecular weight excluding hydrogens is 1190 g/mol. The number of hydrogen-bond acceptors (Lipinski definition) is 15. The molecule has 0 bridgehead atoms. The molecule has 2 unspecified atom stereocenters. The monoisotopic (exact) mass is 1320 g/mol. The van der Waals surface area contributed by atoms with Gasteiger partial charge >= 0.3 is 39.5 Å². The summed E-state index contributed by atoms with van der Waals surface area (Å²) in [5, 5.41) is 10.6. The second kappa shape index (κ2) is 63.1. The minimum atomic E-state index is -4.95. The van der Waals surface area contributed by atoms with Gasteiger partial charge in [-0.1, -0.05) is 311 Å². The molecule has 0 spiro atoms. The number of phosphoric acid groups is 2. The third kappa shape index (κ3) is 64.8. The smallest absolute Gasteiger partial charge is 0.462 e. The van der Waals surface area contributed by atoms with E-state index in [4.69, 9.17) is 37.0 Å². The van der Waals surface area contributed by atoms with Gasteiger partial charge in [-0.15, -0.1) is 0 Å². The van der Waals surface area contributed by atoms with Gasteiger partial charge in [0, 0.05) is 25.7 Å². The third-order valence-electron chi connectivity index (χ3n) is 16.5. The molecule has 0 aromatic rings. The molecule has 19 heteroatoms. The number of esters is 4. The molecule has 0 fully saturated rings. The summed E-state index contributed by atoms with van der Waals surface area (Å²) in [7, 11) is -9.89. The van der Waals surface area contributed by atoms with Gasteiger partial charge in [0.2, 0.25) is 0 Å². The van der Waals surface area contributed by atoms with E-state index in [0.717, 1.165) is 102 Å². The molecular formula is C71H138O17P2. The molecule has 0 aliphatic heterocycles. The molecule has 0 aliphatic carbocycles. The summed E-state index contributed by atoms with van der Waals surface area (Å²) in [4.78, 5) is 72.4. The molecule has 17 nitrogen and oxygen atoms in total. The third-order valence-corrected chi connectivity index (χ3v) is 18.4. The zero-order valence-electron chi connectivity index (χ0n) is 58.4. The summed E-state index contributed by atoms with van der Waals surface area (Å²) in [6.45, 7) is 9.39. The van der Waals surface area contributed by atoms with E-state index in [1.807, 2.05) is 0 Å². The summed E-state index contributed by atoms with van der Waals surface area (Å²) in [6.07, 6.45) is 49.1. The van der Waals surface area contributed by atoms with E-state index in [9.17, 15) is 43.2 Å². The predicted octanol–water partition coefficient (Wildman–Crippen LogP) is 20.4. The number of carbonyl (C=O) groups excluding carboxylic acids is 4. The van der Waals surface area contributed by atoms with Crippen molar-refractivity contribution in [2.75, 3.05) is 39.6 Å². The maximum absolute atomic E-state index is 13.0. The van der Waals surface area contributed by atoms with Crippen LogP contribution in [-0.4, -0.2) is 96.7 Å². The van der Waals surface area contributed by atoms with Crippen molar-refractivity contribution in [2.24, 2.45) is 11.8 Å². The SMILES string of the molecule is CCCCCCCCCCCCCCCCCCCCCCCCC(=O)O[C@H](COC(=O)CCCCCCCCCCC(C)C)COP(=O)(O)OC[C@@H](O)COP(=O)(O)OC[C@@H](COC(=O)CCCCCCCCCC)OC(=O)CCCCCCCCC(C)C. The topological polar surface area (TPSA) is 237 Å². The second-order valence-electron chi connectivity index (χ2n) is 26.6. The van der Waals surface area contributed by atoms with E-state index in [2.05, 4.69) is 41.5 Å². The normalized spacial score (nSPS) is 14.1. The number of rotatable bonds is 70. The van der Waals surface area contributed by atoms with E-state index < -0.39 is 97.5 Å². The Morgan fingerprint density at radius 1 is 0.300 bits per heavy atom. The van der Waals surface area contributed by atoms with Crippen LogP contribution in [0.15, 0.2) is 0 Å². The second-order valence-corrected chi connectivity index (χ2v) is 29.5. The standard InChI is InChI=1S/C71H138O17P2/c1-7-9-11-13-15-17-18-19-20-21-22-23-24-25-26-27-28-29-30-36-43-49-55-70(75)87-66(59-82-69(74)54-48-42-35-32-31-33-39-45-51-63(3)4)61-85-89(77,78)83-57-65(72)58-84-90(79,80)86-62-67(60-81-68(73)53-47-41-34-16-14-12-10-8-2)88-71(76)56-50-44-38-37-40-46-52-64(5)6/h63-67,72H,7-62H2,1-6H3,(H,77,78)(H,79,80)/t65-,66-,67-/m1/s1. The molecule has 0 aromatic carbocycles. The van der Waals surface area contributed by atoms with Crippen molar-refractivity contribution in [3.63, 3.8) is 0 Å². The van der Waals surface area contributed by atoms with Crippen LogP contribution in [0.2, 0.25) is 0 Å². The van der Waals surface area contributed by atoms with Crippen LogP contribution in [0.4, 0.5) is 0 Å². The highest BCUT2D eigenvalue weighted by atomic mass is 31.2. The van der Waals surface area contributed by atoms with E-state index in [1.54, 1.807) is 0 Å². The molecule has 0 rings (SSSR count). The van der Waals surface area contributed by atoms with Gasteiger partial charge in [0.05, 0.1) is 26.4 Å². The number of ether oxygens (including phenoxy) is 4. The van der Waals surface area contributed by atoms with Crippen LogP contribution in [-0.2, 0) is 65.4 Å².